The van der Waals surface area contributed by atoms with Gasteiger partial charge in [0.15, 0.2) is 0 Å². The third-order valence-corrected chi connectivity index (χ3v) is 3.37. The highest BCUT2D eigenvalue weighted by Gasteiger charge is 2.11. The van der Waals surface area contributed by atoms with Crippen LogP contribution < -0.4 is 10.1 Å². The molecule has 1 fully saturated rings. The Morgan fingerprint density at radius 3 is 2.65 bits per heavy atom. The van der Waals surface area contributed by atoms with E-state index in [1.54, 1.807) is 0 Å². The average Bonchev–Trinajstić information content (AvgIpc) is 2.59. The summed E-state index contributed by atoms with van der Waals surface area (Å²) in [5, 5.41) is 3.64. The van der Waals surface area contributed by atoms with E-state index in [0.29, 0.717) is 6.04 Å². The summed E-state index contributed by atoms with van der Waals surface area (Å²) in [5.74, 6) is 0.964. The molecule has 0 heterocycles. The van der Waals surface area contributed by atoms with E-state index in [2.05, 4.69) is 23.5 Å². The fourth-order valence-corrected chi connectivity index (χ4v) is 2.50. The smallest absolute Gasteiger partial charge is 0.121 e. The molecule has 2 nitrogen and oxygen atoms in total. The van der Waals surface area contributed by atoms with E-state index in [0.717, 1.165) is 12.4 Å². The van der Waals surface area contributed by atoms with Crippen LogP contribution in [-0.2, 0) is 0 Å². The van der Waals surface area contributed by atoms with Crippen molar-refractivity contribution in [2.24, 2.45) is 0 Å². The molecule has 1 aromatic rings. The number of ether oxygens (including phenoxy) is 1. The zero-order valence-corrected chi connectivity index (χ0v) is 10.7. The summed E-state index contributed by atoms with van der Waals surface area (Å²) in [6, 6.07) is 8.96. The molecule has 1 N–H and O–H groups in total. The van der Waals surface area contributed by atoms with Gasteiger partial charge >= 0.3 is 0 Å². The van der Waals surface area contributed by atoms with Crippen molar-refractivity contribution in [3.05, 3.63) is 24.3 Å². The van der Waals surface area contributed by atoms with Crippen LogP contribution in [0.4, 0.5) is 5.69 Å². The normalized spacial score (nSPS) is 17.5. The lowest BCUT2D eigenvalue weighted by molar-refractivity contribution is 0.340. The molecule has 2 rings (SSSR count). The Morgan fingerprint density at radius 1 is 1.18 bits per heavy atom. The molecule has 1 aliphatic carbocycles. The van der Waals surface area contributed by atoms with Gasteiger partial charge in [0.05, 0.1) is 6.61 Å². The lowest BCUT2D eigenvalue weighted by atomic mass is 10.1. The highest BCUT2D eigenvalue weighted by atomic mass is 16.5. The van der Waals surface area contributed by atoms with Crippen molar-refractivity contribution in [3.63, 3.8) is 0 Å². The van der Waals surface area contributed by atoms with Crippen LogP contribution in [0, 0.1) is 0 Å². The molecule has 1 saturated carbocycles. The number of hydrogen-bond donors (Lipinski definition) is 1. The summed E-state index contributed by atoms with van der Waals surface area (Å²) in [5.41, 5.74) is 1.20. The van der Waals surface area contributed by atoms with Gasteiger partial charge in [0.2, 0.25) is 0 Å². The van der Waals surface area contributed by atoms with Gasteiger partial charge in [0, 0.05) is 17.8 Å². The first-order chi connectivity index (χ1) is 8.38. The lowest BCUT2D eigenvalue weighted by Crippen LogP contribution is -2.18. The van der Waals surface area contributed by atoms with Crippen LogP contribution in [0.1, 0.15) is 45.4 Å². The maximum atomic E-state index is 5.52. The SMILES string of the molecule is CCOc1cccc(NC2CCCCCC2)c1. The Labute approximate surface area is 104 Å². The van der Waals surface area contributed by atoms with Crippen molar-refractivity contribution in [1.82, 2.24) is 0 Å². The molecular formula is C15H23NO. The standard InChI is InChI=1S/C15H23NO/c1-2-17-15-11-7-10-14(12-15)16-13-8-5-3-4-6-9-13/h7,10-13,16H,2-6,8-9H2,1H3. The number of benzene rings is 1. The second-order valence-electron chi connectivity index (χ2n) is 4.79. The van der Waals surface area contributed by atoms with Crippen molar-refractivity contribution < 1.29 is 4.74 Å². The maximum Gasteiger partial charge on any atom is 0.121 e. The van der Waals surface area contributed by atoms with Gasteiger partial charge in [-0.25, -0.2) is 0 Å². The van der Waals surface area contributed by atoms with Gasteiger partial charge in [0.1, 0.15) is 5.75 Å². The number of rotatable bonds is 4. The third-order valence-electron chi connectivity index (χ3n) is 3.37. The lowest BCUT2D eigenvalue weighted by Gasteiger charge is -2.18. The monoisotopic (exact) mass is 233 g/mol. The van der Waals surface area contributed by atoms with Crippen molar-refractivity contribution in [2.45, 2.75) is 51.5 Å². The van der Waals surface area contributed by atoms with E-state index >= 15 is 0 Å². The number of nitrogens with one attached hydrogen (secondary N) is 1. The molecule has 0 spiro atoms. The predicted molar refractivity (Wildman–Crippen MR) is 72.7 cm³/mol. The van der Waals surface area contributed by atoms with Crippen LogP contribution in [0.25, 0.3) is 0 Å². The summed E-state index contributed by atoms with van der Waals surface area (Å²) < 4.78 is 5.52. The Morgan fingerprint density at radius 2 is 1.94 bits per heavy atom. The largest absolute Gasteiger partial charge is 0.494 e. The summed E-state index contributed by atoms with van der Waals surface area (Å²) in [6.07, 6.45) is 8.14. The van der Waals surface area contributed by atoms with Gasteiger partial charge in [-0.3, -0.25) is 0 Å². The first-order valence-corrected chi connectivity index (χ1v) is 6.88. The van der Waals surface area contributed by atoms with E-state index in [-0.39, 0.29) is 0 Å². The second-order valence-corrected chi connectivity index (χ2v) is 4.79. The van der Waals surface area contributed by atoms with Crippen LogP contribution in [0.2, 0.25) is 0 Å². The Balaban J connectivity index is 1.94. The minimum atomic E-state index is 0.648. The highest BCUT2D eigenvalue weighted by Crippen LogP contribution is 2.23. The number of anilines is 1. The molecule has 94 valence electrons. The van der Waals surface area contributed by atoms with Gasteiger partial charge in [-0.2, -0.15) is 0 Å². The molecule has 0 bridgehead atoms. The average molecular weight is 233 g/mol. The van der Waals surface area contributed by atoms with Crippen LogP contribution in [0.3, 0.4) is 0 Å². The molecule has 0 aromatic heterocycles. The van der Waals surface area contributed by atoms with E-state index < -0.39 is 0 Å². The first-order valence-electron chi connectivity index (χ1n) is 6.88. The molecule has 1 aliphatic rings. The van der Waals surface area contributed by atoms with Gasteiger partial charge < -0.3 is 10.1 Å². The molecule has 17 heavy (non-hydrogen) atoms. The van der Waals surface area contributed by atoms with Crippen molar-refractivity contribution >= 4 is 5.69 Å². The minimum absolute atomic E-state index is 0.648. The van der Waals surface area contributed by atoms with Gasteiger partial charge in [-0.05, 0) is 31.9 Å². The van der Waals surface area contributed by atoms with Crippen molar-refractivity contribution in [3.8, 4) is 5.75 Å². The van der Waals surface area contributed by atoms with Crippen molar-refractivity contribution in [2.75, 3.05) is 11.9 Å². The summed E-state index contributed by atoms with van der Waals surface area (Å²) in [4.78, 5) is 0. The molecule has 0 unspecified atom stereocenters. The fraction of sp³-hybridized carbons (Fsp3) is 0.600. The third kappa shape index (κ3) is 3.95. The zero-order valence-electron chi connectivity index (χ0n) is 10.7. The summed E-state index contributed by atoms with van der Waals surface area (Å²) in [7, 11) is 0. The molecular weight excluding hydrogens is 210 g/mol. The van der Waals surface area contributed by atoms with E-state index in [4.69, 9.17) is 4.74 Å². The Kier molecular flexibility index (Phi) is 4.72. The Hall–Kier alpha value is -1.18. The van der Waals surface area contributed by atoms with Gasteiger partial charge in [-0.1, -0.05) is 31.7 Å². The van der Waals surface area contributed by atoms with Crippen LogP contribution in [0.15, 0.2) is 24.3 Å². The van der Waals surface area contributed by atoms with Crippen LogP contribution >= 0.6 is 0 Å². The second kappa shape index (κ2) is 6.53. The molecule has 0 aliphatic heterocycles. The van der Waals surface area contributed by atoms with Crippen LogP contribution in [0.5, 0.6) is 5.75 Å². The van der Waals surface area contributed by atoms with Gasteiger partial charge in [0.25, 0.3) is 0 Å². The summed E-state index contributed by atoms with van der Waals surface area (Å²) >= 11 is 0. The fourth-order valence-electron chi connectivity index (χ4n) is 2.50. The quantitative estimate of drug-likeness (QED) is 0.786. The maximum absolute atomic E-state index is 5.52. The molecule has 2 heteroatoms. The van der Waals surface area contributed by atoms with E-state index in [1.807, 2.05) is 13.0 Å². The van der Waals surface area contributed by atoms with E-state index in [9.17, 15) is 0 Å². The highest BCUT2D eigenvalue weighted by molar-refractivity contribution is 5.48. The summed E-state index contributed by atoms with van der Waals surface area (Å²) in [6.45, 7) is 2.75. The Bertz CT molecular complexity index is 329. The van der Waals surface area contributed by atoms with Crippen molar-refractivity contribution in [1.29, 1.82) is 0 Å². The zero-order chi connectivity index (χ0) is 11.9. The van der Waals surface area contributed by atoms with Gasteiger partial charge in [-0.15, -0.1) is 0 Å². The molecule has 0 atom stereocenters. The van der Waals surface area contributed by atoms with E-state index in [1.165, 1.54) is 44.2 Å². The topological polar surface area (TPSA) is 21.3 Å². The predicted octanol–water partition coefficient (Wildman–Crippen LogP) is 4.22. The van der Waals surface area contributed by atoms with Crippen LogP contribution in [-0.4, -0.2) is 12.6 Å². The molecule has 0 radical (unpaired) electrons. The minimum Gasteiger partial charge on any atom is -0.494 e. The number of hydrogen-bond acceptors (Lipinski definition) is 2. The first kappa shape index (κ1) is 12.3. The molecule has 0 saturated heterocycles. The molecule has 0 amide bonds. The molecule has 1 aromatic carbocycles.